The zero-order valence-corrected chi connectivity index (χ0v) is 10.8. The van der Waals surface area contributed by atoms with Gasteiger partial charge >= 0.3 is 12.1 Å². The first-order chi connectivity index (χ1) is 9.40. The molecule has 6 heteroatoms. The van der Waals surface area contributed by atoms with Crippen molar-refractivity contribution in [2.45, 2.75) is 6.11 Å². The van der Waals surface area contributed by atoms with Crippen molar-refractivity contribution in [1.29, 1.82) is 0 Å². The summed E-state index contributed by atoms with van der Waals surface area (Å²) in [7, 11) is 0. The summed E-state index contributed by atoms with van der Waals surface area (Å²) in [5, 5.41) is 8.22. The van der Waals surface area contributed by atoms with Crippen molar-refractivity contribution in [3.05, 3.63) is 53.6 Å². The van der Waals surface area contributed by atoms with E-state index in [1.807, 2.05) is 30.3 Å². The van der Waals surface area contributed by atoms with Crippen molar-refractivity contribution >= 4 is 17.6 Å². The Labute approximate surface area is 118 Å². The van der Waals surface area contributed by atoms with Gasteiger partial charge < -0.3 is 9.84 Å². The van der Waals surface area contributed by atoms with Crippen molar-refractivity contribution < 1.29 is 23.4 Å². The van der Waals surface area contributed by atoms with E-state index in [-0.39, 0.29) is 5.02 Å². The van der Waals surface area contributed by atoms with Crippen LogP contribution in [0.2, 0.25) is 5.02 Å². The molecule has 0 bridgehead atoms. The second-order valence-electron chi connectivity index (χ2n) is 3.94. The summed E-state index contributed by atoms with van der Waals surface area (Å²) in [5.74, 6) is -2.76. The number of benzene rings is 2. The summed E-state index contributed by atoms with van der Waals surface area (Å²) in [5.41, 5.74) is 1.56. The molecule has 0 spiro atoms. The lowest BCUT2D eigenvalue weighted by Gasteiger charge is -2.14. The van der Waals surface area contributed by atoms with Crippen LogP contribution in [-0.4, -0.2) is 17.2 Å². The second kappa shape index (κ2) is 5.46. The minimum atomic E-state index is -4.32. The van der Waals surface area contributed by atoms with Crippen LogP contribution in [0.1, 0.15) is 0 Å². The molecule has 0 saturated heterocycles. The number of halogens is 3. The quantitative estimate of drug-likeness (QED) is 0.925. The summed E-state index contributed by atoms with van der Waals surface area (Å²) in [6, 6.07) is 13.3. The predicted octanol–water partition coefficient (Wildman–Crippen LogP) is 4.06. The van der Waals surface area contributed by atoms with Crippen molar-refractivity contribution in [3.63, 3.8) is 0 Å². The van der Waals surface area contributed by atoms with Gasteiger partial charge in [-0.3, -0.25) is 0 Å². The average Bonchev–Trinajstić information content (AvgIpc) is 2.41. The Kier molecular flexibility index (Phi) is 3.90. The second-order valence-corrected chi connectivity index (χ2v) is 4.34. The van der Waals surface area contributed by atoms with Gasteiger partial charge in [0.2, 0.25) is 0 Å². The fourth-order valence-corrected chi connectivity index (χ4v) is 1.79. The van der Waals surface area contributed by atoms with Gasteiger partial charge in [0.15, 0.2) is 0 Å². The molecule has 20 heavy (non-hydrogen) atoms. The number of ether oxygens (including phenoxy) is 1. The molecule has 0 fully saturated rings. The molecule has 0 heterocycles. The monoisotopic (exact) mass is 298 g/mol. The summed E-state index contributed by atoms with van der Waals surface area (Å²) in [6.45, 7) is 0. The molecule has 2 aromatic carbocycles. The third-order valence-corrected chi connectivity index (χ3v) is 2.82. The van der Waals surface area contributed by atoms with E-state index in [1.54, 1.807) is 0 Å². The van der Waals surface area contributed by atoms with E-state index in [1.165, 1.54) is 18.2 Å². The molecule has 0 aliphatic carbocycles. The van der Waals surface area contributed by atoms with E-state index in [0.29, 0.717) is 5.56 Å². The highest BCUT2D eigenvalue weighted by molar-refractivity contribution is 6.32. The van der Waals surface area contributed by atoms with Gasteiger partial charge in [-0.2, -0.15) is 8.78 Å². The normalized spacial score (nSPS) is 11.2. The van der Waals surface area contributed by atoms with Crippen molar-refractivity contribution in [2.24, 2.45) is 0 Å². The first kappa shape index (κ1) is 14.3. The molecule has 0 aliphatic heterocycles. The Morgan fingerprint density at radius 1 is 1.10 bits per heavy atom. The van der Waals surface area contributed by atoms with Crippen LogP contribution in [0.15, 0.2) is 48.5 Å². The maximum absolute atomic E-state index is 13.0. The van der Waals surface area contributed by atoms with E-state index < -0.39 is 17.8 Å². The van der Waals surface area contributed by atoms with Gasteiger partial charge in [-0.15, -0.1) is 0 Å². The molecule has 104 valence electrons. The Bertz CT molecular complexity index is 630. The van der Waals surface area contributed by atoms with E-state index in [4.69, 9.17) is 16.7 Å². The maximum Gasteiger partial charge on any atom is 0.501 e. The van der Waals surface area contributed by atoms with Crippen LogP contribution in [-0.2, 0) is 4.79 Å². The zero-order valence-electron chi connectivity index (χ0n) is 10.0. The molecule has 0 atom stereocenters. The van der Waals surface area contributed by atoms with Crippen LogP contribution in [0.5, 0.6) is 5.75 Å². The smallest absolute Gasteiger partial charge is 0.474 e. The lowest BCUT2D eigenvalue weighted by molar-refractivity contribution is -0.210. The maximum atomic E-state index is 13.0. The van der Waals surface area contributed by atoms with Gasteiger partial charge in [0.1, 0.15) is 5.75 Å². The molecule has 0 unspecified atom stereocenters. The summed E-state index contributed by atoms with van der Waals surface area (Å²) < 4.78 is 30.0. The number of hydrogen-bond donors (Lipinski definition) is 1. The number of rotatable bonds is 4. The number of carbonyl (C=O) groups is 1. The standard InChI is InChI=1S/C14H9ClF2O3/c15-11-8-10(9-4-2-1-3-5-9)6-7-12(11)20-14(16,17)13(18)19/h1-8H,(H,18,19). The topological polar surface area (TPSA) is 46.5 Å². The van der Waals surface area contributed by atoms with Gasteiger partial charge in [-0.05, 0) is 23.3 Å². The first-order valence-corrected chi connectivity index (χ1v) is 5.93. The molecule has 2 rings (SSSR count). The van der Waals surface area contributed by atoms with E-state index in [0.717, 1.165) is 5.56 Å². The Hall–Kier alpha value is -2.14. The molecule has 0 aliphatic rings. The van der Waals surface area contributed by atoms with E-state index in [9.17, 15) is 13.6 Å². The number of hydrogen-bond acceptors (Lipinski definition) is 2. The fourth-order valence-electron chi connectivity index (χ4n) is 1.58. The Morgan fingerprint density at radius 3 is 2.30 bits per heavy atom. The summed E-state index contributed by atoms with van der Waals surface area (Å²) >= 11 is 5.84. The predicted molar refractivity (Wildman–Crippen MR) is 70.1 cm³/mol. The third kappa shape index (κ3) is 3.05. The molecule has 0 amide bonds. The highest BCUT2D eigenvalue weighted by atomic mass is 35.5. The van der Waals surface area contributed by atoms with Crippen LogP contribution in [0.3, 0.4) is 0 Å². The molecule has 0 radical (unpaired) electrons. The van der Waals surface area contributed by atoms with Crippen molar-refractivity contribution in [1.82, 2.24) is 0 Å². The van der Waals surface area contributed by atoms with Crippen molar-refractivity contribution in [2.75, 3.05) is 0 Å². The summed E-state index contributed by atoms with van der Waals surface area (Å²) in [6.07, 6.45) is -4.32. The van der Waals surface area contributed by atoms with Gasteiger partial charge in [0.25, 0.3) is 0 Å². The number of carboxylic acid groups (broad SMARTS) is 1. The highest BCUT2D eigenvalue weighted by Crippen LogP contribution is 2.33. The van der Waals surface area contributed by atoms with Gasteiger partial charge in [-0.1, -0.05) is 48.0 Å². The lowest BCUT2D eigenvalue weighted by Crippen LogP contribution is -2.34. The summed E-state index contributed by atoms with van der Waals surface area (Å²) in [4.78, 5) is 10.3. The molecule has 0 saturated carbocycles. The average molecular weight is 299 g/mol. The van der Waals surface area contributed by atoms with Crippen LogP contribution in [0.25, 0.3) is 11.1 Å². The molecular weight excluding hydrogens is 290 g/mol. The molecule has 0 aromatic heterocycles. The minimum absolute atomic E-state index is 0.0905. The Morgan fingerprint density at radius 2 is 1.75 bits per heavy atom. The SMILES string of the molecule is O=C(O)C(F)(F)Oc1ccc(-c2ccccc2)cc1Cl. The largest absolute Gasteiger partial charge is 0.501 e. The third-order valence-electron chi connectivity index (χ3n) is 2.53. The zero-order chi connectivity index (χ0) is 14.8. The van der Waals surface area contributed by atoms with Crippen LogP contribution >= 0.6 is 11.6 Å². The van der Waals surface area contributed by atoms with E-state index >= 15 is 0 Å². The van der Waals surface area contributed by atoms with Gasteiger partial charge in [0.05, 0.1) is 5.02 Å². The van der Waals surface area contributed by atoms with Gasteiger partial charge in [0, 0.05) is 0 Å². The highest BCUT2D eigenvalue weighted by Gasteiger charge is 2.42. The van der Waals surface area contributed by atoms with Crippen LogP contribution in [0.4, 0.5) is 8.78 Å². The lowest BCUT2D eigenvalue weighted by atomic mass is 10.1. The fraction of sp³-hybridized carbons (Fsp3) is 0.0714. The van der Waals surface area contributed by atoms with E-state index in [2.05, 4.69) is 4.74 Å². The molecular formula is C14H9ClF2O3. The van der Waals surface area contributed by atoms with Crippen molar-refractivity contribution in [3.8, 4) is 16.9 Å². The minimum Gasteiger partial charge on any atom is -0.474 e. The molecule has 1 N–H and O–H groups in total. The Balaban J connectivity index is 2.30. The number of alkyl halides is 2. The number of carboxylic acids is 1. The molecule has 2 aromatic rings. The number of aliphatic carboxylic acids is 1. The van der Waals surface area contributed by atoms with Crippen LogP contribution < -0.4 is 4.74 Å². The van der Waals surface area contributed by atoms with Crippen LogP contribution in [0, 0.1) is 0 Å². The molecule has 3 nitrogen and oxygen atoms in total. The van der Waals surface area contributed by atoms with Gasteiger partial charge in [-0.25, -0.2) is 4.79 Å². The first-order valence-electron chi connectivity index (χ1n) is 5.55.